The molecule has 0 aliphatic carbocycles. The maximum atomic E-state index is 11.2. The first-order chi connectivity index (χ1) is 9.61. The highest BCUT2D eigenvalue weighted by atomic mass is 16.4. The van der Waals surface area contributed by atoms with E-state index in [1.807, 2.05) is 18.2 Å². The number of likely N-dealkylation sites (tertiary alicyclic amines) is 1. The van der Waals surface area contributed by atoms with Crippen LogP contribution in [-0.2, 0) is 4.79 Å². The first-order valence-corrected chi connectivity index (χ1v) is 7.33. The van der Waals surface area contributed by atoms with Crippen molar-refractivity contribution in [2.75, 3.05) is 26.7 Å². The van der Waals surface area contributed by atoms with Crippen molar-refractivity contribution in [3.63, 3.8) is 0 Å². The standard InChI is InChI=1S/C16H24N2O2/c1-18-8-3-6-12(7-9-18)13-4-2-5-14(10-13)15(11-17)16(19)20/h2,4-5,10,12,15H,3,6-9,11,17H2,1H3,(H,19,20). The van der Waals surface area contributed by atoms with Crippen molar-refractivity contribution in [1.82, 2.24) is 4.90 Å². The number of aliphatic carboxylic acids is 1. The number of carboxylic acid groups (broad SMARTS) is 1. The zero-order valence-corrected chi connectivity index (χ0v) is 12.1. The van der Waals surface area contributed by atoms with Crippen molar-refractivity contribution in [3.05, 3.63) is 35.4 Å². The van der Waals surface area contributed by atoms with E-state index >= 15 is 0 Å². The Hall–Kier alpha value is -1.39. The fourth-order valence-corrected chi connectivity index (χ4v) is 2.98. The Morgan fingerprint density at radius 1 is 1.45 bits per heavy atom. The van der Waals surface area contributed by atoms with Crippen molar-refractivity contribution in [2.45, 2.75) is 31.1 Å². The summed E-state index contributed by atoms with van der Waals surface area (Å²) in [6.45, 7) is 2.40. The van der Waals surface area contributed by atoms with Gasteiger partial charge < -0.3 is 15.7 Å². The number of benzene rings is 1. The molecule has 1 aliphatic rings. The molecule has 0 aromatic heterocycles. The average molecular weight is 276 g/mol. The van der Waals surface area contributed by atoms with Gasteiger partial charge in [-0.1, -0.05) is 24.3 Å². The molecular formula is C16H24N2O2. The Balaban J connectivity index is 2.18. The summed E-state index contributed by atoms with van der Waals surface area (Å²) in [7, 11) is 2.16. The molecule has 1 heterocycles. The number of rotatable bonds is 4. The largest absolute Gasteiger partial charge is 0.481 e. The summed E-state index contributed by atoms with van der Waals surface area (Å²) in [5.41, 5.74) is 7.68. The molecule has 2 rings (SSSR count). The van der Waals surface area contributed by atoms with E-state index in [0.717, 1.165) is 25.1 Å². The van der Waals surface area contributed by atoms with Crippen molar-refractivity contribution >= 4 is 5.97 Å². The molecule has 1 aromatic rings. The molecule has 0 saturated carbocycles. The fourth-order valence-electron chi connectivity index (χ4n) is 2.98. The van der Waals surface area contributed by atoms with Gasteiger partial charge in [0.1, 0.15) is 0 Å². The van der Waals surface area contributed by atoms with Gasteiger partial charge in [-0.15, -0.1) is 0 Å². The average Bonchev–Trinajstić information content (AvgIpc) is 2.64. The van der Waals surface area contributed by atoms with Crippen molar-refractivity contribution in [2.24, 2.45) is 5.73 Å². The normalized spacial score (nSPS) is 22.2. The molecule has 4 heteroatoms. The summed E-state index contributed by atoms with van der Waals surface area (Å²) in [6, 6.07) is 8.00. The van der Waals surface area contributed by atoms with Crippen LogP contribution < -0.4 is 5.73 Å². The van der Waals surface area contributed by atoms with E-state index in [9.17, 15) is 9.90 Å². The van der Waals surface area contributed by atoms with Crippen LogP contribution in [0.5, 0.6) is 0 Å². The second kappa shape index (κ2) is 6.86. The molecule has 1 fully saturated rings. The van der Waals surface area contributed by atoms with Crippen LogP contribution in [0.4, 0.5) is 0 Å². The lowest BCUT2D eigenvalue weighted by atomic mass is 9.88. The minimum atomic E-state index is -0.842. The highest BCUT2D eigenvalue weighted by Crippen LogP contribution is 2.29. The lowest BCUT2D eigenvalue weighted by Crippen LogP contribution is -2.21. The summed E-state index contributed by atoms with van der Waals surface area (Å²) in [6.07, 6.45) is 3.51. The Kier molecular flexibility index (Phi) is 5.15. The van der Waals surface area contributed by atoms with E-state index < -0.39 is 11.9 Å². The molecule has 0 amide bonds. The van der Waals surface area contributed by atoms with Crippen LogP contribution in [0.1, 0.15) is 42.2 Å². The smallest absolute Gasteiger partial charge is 0.312 e. The van der Waals surface area contributed by atoms with Gasteiger partial charge in [0.05, 0.1) is 5.92 Å². The van der Waals surface area contributed by atoms with Crippen molar-refractivity contribution < 1.29 is 9.90 Å². The Morgan fingerprint density at radius 3 is 2.95 bits per heavy atom. The second-order valence-electron chi connectivity index (χ2n) is 5.73. The van der Waals surface area contributed by atoms with Crippen LogP contribution in [0.25, 0.3) is 0 Å². The number of hydrogen-bond acceptors (Lipinski definition) is 3. The molecule has 1 saturated heterocycles. The van der Waals surface area contributed by atoms with Crippen LogP contribution >= 0.6 is 0 Å². The molecule has 20 heavy (non-hydrogen) atoms. The Bertz CT molecular complexity index is 462. The lowest BCUT2D eigenvalue weighted by Gasteiger charge is -2.18. The lowest BCUT2D eigenvalue weighted by molar-refractivity contribution is -0.138. The fraction of sp³-hybridized carbons (Fsp3) is 0.562. The Labute approximate surface area is 120 Å². The van der Waals surface area contributed by atoms with E-state index in [-0.39, 0.29) is 6.54 Å². The molecule has 1 aromatic carbocycles. The van der Waals surface area contributed by atoms with Crippen LogP contribution in [0.3, 0.4) is 0 Å². The maximum Gasteiger partial charge on any atom is 0.312 e. The van der Waals surface area contributed by atoms with Crippen molar-refractivity contribution in [1.29, 1.82) is 0 Å². The first kappa shape index (κ1) is 15.0. The van der Waals surface area contributed by atoms with E-state index in [2.05, 4.69) is 18.0 Å². The van der Waals surface area contributed by atoms with E-state index in [1.54, 1.807) is 0 Å². The third kappa shape index (κ3) is 3.58. The van der Waals surface area contributed by atoms with Gasteiger partial charge in [-0.2, -0.15) is 0 Å². The van der Waals surface area contributed by atoms with Crippen LogP contribution in [0.2, 0.25) is 0 Å². The van der Waals surface area contributed by atoms with E-state index in [0.29, 0.717) is 5.92 Å². The third-order valence-corrected chi connectivity index (χ3v) is 4.27. The molecule has 110 valence electrons. The monoisotopic (exact) mass is 276 g/mol. The topological polar surface area (TPSA) is 66.6 Å². The third-order valence-electron chi connectivity index (χ3n) is 4.27. The minimum Gasteiger partial charge on any atom is -0.481 e. The zero-order valence-electron chi connectivity index (χ0n) is 12.1. The number of carbonyl (C=O) groups is 1. The molecule has 4 nitrogen and oxygen atoms in total. The summed E-state index contributed by atoms with van der Waals surface area (Å²) in [5.74, 6) is -0.902. The molecule has 1 aliphatic heterocycles. The molecule has 0 spiro atoms. The maximum absolute atomic E-state index is 11.2. The summed E-state index contributed by atoms with van der Waals surface area (Å²) >= 11 is 0. The molecule has 2 unspecified atom stereocenters. The van der Waals surface area contributed by atoms with Gasteiger partial charge >= 0.3 is 5.97 Å². The van der Waals surface area contributed by atoms with Gasteiger partial charge in [-0.05, 0) is 56.4 Å². The quantitative estimate of drug-likeness (QED) is 0.883. The molecule has 0 bridgehead atoms. The van der Waals surface area contributed by atoms with Crippen molar-refractivity contribution in [3.8, 4) is 0 Å². The summed E-state index contributed by atoms with van der Waals surface area (Å²) in [4.78, 5) is 13.6. The van der Waals surface area contributed by atoms with Gasteiger partial charge in [0, 0.05) is 6.54 Å². The van der Waals surface area contributed by atoms with Crippen LogP contribution in [0.15, 0.2) is 24.3 Å². The number of nitrogens with two attached hydrogens (primary N) is 1. The SMILES string of the molecule is CN1CCCC(c2cccc(C(CN)C(=O)O)c2)CC1. The van der Waals surface area contributed by atoms with E-state index in [1.165, 1.54) is 18.4 Å². The van der Waals surface area contributed by atoms with Gasteiger partial charge in [-0.3, -0.25) is 4.79 Å². The number of hydrogen-bond donors (Lipinski definition) is 2. The van der Waals surface area contributed by atoms with Gasteiger partial charge in [0.25, 0.3) is 0 Å². The predicted octanol–water partition coefficient (Wildman–Crippen LogP) is 2.01. The number of carboxylic acids is 1. The minimum absolute atomic E-state index is 0.145. The van der Waals surface area contributed by atoms with E-state index in [4.69, 9.17) is 5.73 Å². The molecule has 0 radical (unpaired) electrons. The highest BCUT2D eigenvalue weighted by Gasteiger charge is 2.21. The Morgan fingerprint density at radius 2 is 2.25 bits per heavy atom. The molecule has 3 N–H and O–H groups in total. The van der Waals surface area contributed by atoms with Crippen LogP contribution in [-0.4, -0.2) is 42.7 Å². The summed E-state index contributed by atoms with van der Waals surface area (Å²) in [5, 5.41) is 9.22. The second-order valence-corrected chi connectivity index (χ2v) is 5.73. The van der Waals surface area contributed by atoms with Gasteiger partial charge in [0.2, 0.25) is 0 Å². The van der Waals surface area contributed by atoms with Crippen LogP contribution in [0, 0.1) is 0 Å². The first-order valence-electron chi connectivity index (χ1n) is 7.33. The highest BCUT2D eigenvalue weighted by molar-refractivity contribution is 5.76. The molecule has 2 atom stereocenters. The zero-order chi connectivity index (χ0) is 14.5. The number of nitrogens with zero attached hydrogens (tertiary/aromatic N) is 1. The van der Waals surface area contributed by atoms with Gasteiger partial charge in [0.15, 0.2) is 0 Å². The molecular weight excluding hydrogens is 252 g/mol. The summed E-state index contributed by atoms with van der Waals surface area (Å²) < 4.78 is 0. The van der Waals surface area contributed by atoms with Gasteiger partial charge in [-0.25, -0.2) is 0 Å². The predicted molar refractivity (Wildman–Crippen MR) is 80.0 cm³/mol.